The first-order valence-electron chi connectivity index (χ1n) is 9.17. The Morgan fingerprint density at radius 3 is 2.33 bits per heavy atom. The molecule has 154 valence electrons. The molecule has 0 bridgehead atoms. The van der Waals surface area contributed by atoms with E-state index in [2.05, 4.69) is 15.9 Å². The van der Waals surface area contributed by atoms with Crippen LogP contribution < -0.4 is 9.47 Å². The number of hydrogen-bond donors (Lipinski definition) is 0. The van der Waals surface area contributed by atoms with Crippen molar-refractivity contribution in [1.29, 1.82) is 0 Å². The Morgan fingerprint density at radius 1 is 1.07 bits per heavy atom. The van der Waals surface area contributed by atoms with E-state index in [9.17, 15) is 4.79 Å². The fourth-order valence-corrected chi connectivity index (χ4v) is 3.47. The highest BCUT2D eigenvalue weighted by molar-refractivity contribution is 9.10. The highest BCUT2D eigenvalue weighted by Gasteiger charge is 2.27. The van der Waals surface area contributed by atoms with Crippen LogP contribution in [0.15, 0.2) is 71.4 Å². The van der Waals surface area contributed by atoms with Crippen LogP contribution in [0.5, 0.6) is 11.5 Å². The largest absolute Gasteiger partial charge is 0.504 e. The number of para-hydroxylation sites is 1. The first kappa shape index (κ1) is 21.6. The molecule has 0 spiro atoms. The number of carbonyl (C=O) groups excluding carboxylic acids is 1. The normalized spacial score (nSPS) is 10.8. The lowest BCUT2D eigenvalue weighted by Gasteiger charge is -2.18. The van der Waals surface area contributed by atoms with E-state index < -0.39 is 11.8 Å². The van der Waals surface area contributed by atoms with Gasteiger partial charge in [0.05, 0.1) is 17.8 Å². The minimum atomic E-state index is -0.705. The topological polar surface area (TPSA) is 44.8 Å². The quantitative estimate of drug-likeness (QED) is 0.230. The summed E-state index contributed by atoms with van der Waals surface area (Å²) < 4.78 is 31.7. The third-order valence-corrected chi connectivity index (χ3v) is 5.15. The van der Waals surface area contributed by atoms with Crippen molar-refractivity contribution >= 4 is 28.0 Å². The molecule has 0 aromatic heterocycles. The molecular formula is C24H20BrFO4. The Hall–Kier alpha value is -3.12. The number of halogens is 2. The molecule has 3 rings (SSSR count). The third-order valence-electron chi connectivity index (χ3n) is 4.36. The van der Waals surface area contributed by atoms with E-state index in [1.165, 1.54) is 26.4 Å². The van der Waals surface area contributed by atoms with Gasteiger partial charge in [-0.15, -0.1) is 0 Å². The monoisotopic (exact) mass is 470 g/mol. The van der Waals surface area contributed by atoms with Crippen LogP contribution in [0.2, 0.25) is 0 Å². The van der Waals surface area contributed by atoms with Crippen molar-refractivity contribution < 1.29 is 23.4 Å². The van der Waals surface area contributed by atoms with Gasteiger partial charge in [0.25, 0.3) is 0 Å². The van der Waals surface area contributed by atoms with Crippen LogP contribution in [0, 0.1) is 12.7 Å². The van der Waals surface area contributed by atoms with Crippen molar-refractivity contribution in [3.63, 3.8) is 0 Å². The van der Waals surface area contributed by atoms with Crippen LogP contribution in [0.4, 0.5) is 4.39 Å². The Morgan fingerprint density at radius 2 is 1.70 bits per heavy atom. The second kappa shape index (κ2) is 10.1. The maximum atomic E-state index is 15.1. The van der Waals surface area contributed by atoms with Gasteiger partial charge in [-0.3, -0.25) is 0 Å². The summed E-state index contributed by atoms with van der Waals surface area (Å²) >= 11 is 3.40. The molecule has 3 aromatic carbocycles. The molecule has 0 saturated heterocycles. The van der Waals surface area contributed by atoms with Crippen LogP contribution in [-0.2, 0) is 11.3 Å². The van der Waals surface area contributed by atoms with Crippen LogP contribution in [0.25, 0.3) is 6.08 Å². The highest BCUT2D eigenvalue weighted by atomic mass is 79.9. The molecule has 0 amide bonds. The number of carbonyl (C=O) groups is 1. The Balaban J connectivity index is 2.06. The molecule has 0 fully saturated rings. The molecule has 0 atom stereocenters. The van der Waals surface area contributed by atoms with Gasteiger partial charge in [-0.2, -0.15) is 0 Å². The summed E-state index contributed by atoms with van der Waals surface area (Å²) in [5, 5.41) is 0. The second-order valence-corrected chi connectivity index (χ2v) is 7.18. The molecule has 4 nitrogen and oxygen atoms in total. The van der Waals surface area contributed by atoms with Crippen LogP contribution in [0.1, 0.15) is 27.0 Å². The zero-order valence-electron chi connectivity index (χ0n) is 16.5. The maximum Gasteiger partial charge on any atom is 0.347 e. The zero-order chi connectivity index (χ0) is 21.5. The molecule has 0 aliphatic carbocycles. The molecule has 0 aliphatic heterocycles. The Kier molecular flexibility index (Phi) is 7.25. The lowest BCUT2D eigenvalue weighted by Crippen LogP contribution is -2.15. The van der Waals surface area contributed by atoms with Crippen molar-refractivity contribution in [3.05, 3.63) is 99.5 Å². The van der Waals surface area contributed by atoms with Crippen LogP contribution in [-0.4, -0.2) is 13.1 Å². The van der Waals surface area contributed by atoms with Crippen LogP contribution in [0.3, 0.4) is 0 Å². The maximum absolute atomic E-state index is 15.1. The first-order valence-corrected chi connectivity index (χ1v) is 9.97. The van der Waals surface area contributed by atoms with Gasteiger partial charge < -0.3 is 14.2 Å². The van der Waals surface area contributed by atoms with Crippen molar-refractivity contribution in [1.82, 2.24) is 0 Å². The van der Waals surface area contributed by atoms with E-state index in [0.29, 0.717) is 10.2 Å². The van der Waals surface area contributed by atoms with E-state index in [1.54, 1.807) is 24.3 Å². The summed E-state index contributed by atoms with van der Waals surface area (Å²) in [5.41, 5.74) is 1.27. The summed E-state index contributed by atoms with van der Waals surface area (Å²) in [6, 6.07) is 18.1. The van der Waals surface area contributed by atoms with Gasteiger partial charge in [0.2, 0.25) is 0 Å². The minimum absolute atomic E-state index is 0.0220. The molecule has 0 unspecified atom stereocenters. The Bertz CT molecular complexity index is 1050. The van der Waals surface area contributed by atoms with Crippen molar-refractivity contribution in [2.75, 3.05) is 7.11 Å². The standard InChI is InChI=1S/C24H20BrFO4/c1-16-20(24(27)30-18-11-7-4-8-12-18)23(29-15-17-9-5-3-6-10-17)21(25)19(22(16)26)13-14-28-2/h3-14H,15H2,1-2H3. The molecule has 0 N–H and O–H groups in total. The summed E-state index contributed by atoms with van der Waals surface area (Å²) in [6.07, 6.45) is 2.82. The fourth-order valence-electron chi connectivity index (χ4n) is 2.85. The Labute approximate surface area is 183 Å². The SMILES string of the molecule is COC=Cc1c(F)c(C)c(C(=O)Oc2ccccc2)c(OCc2ccccc2)c1Br. The van der Waals surface area contributed by atoms with Gasteiger partial charge in [0.1, 0.15) is 29.5 Å². The van der Waals surface area contributed by atoms with E-state index >= 15 is 4.39 Å². The fraction of sp³-hybridized carbons (Fsp3) is 0.125. The minimum Gasteiger partial charge on any atom is -0.504 e. The summed E-state index contributed by atoms with van der Waals surface area (Å²) in [5.74, 6) is -0.712. The lowest BCUT2D eigenvalue weighted by molar-refractivity contribution is 0.0728. The van der Waals surface area contributed by atoms with Gasteiger partial charge in [0.15, 0.2) is 0 Å². The number of ether oxygens (including phenoxy) is 3. The molecule has 6 heteroatoms. The van der Waals surface area contributed by atoms with E-state index in [1.807, 2.05) is 36.4 Å². The number of rotatable bonds is 7. The van der Waals surface area contributed by atoms with Gasteiger partial charge in [0, 0.05) is 11.1 Å². The summed E-state index contributed by atoms with van der Waals surface area (Å²) in [6.45, 7) is 1.71. The summed E-state index contributed by atoms with van der Waals surface area (Å²) in [4.78, 5) is 13.0. The molecule has 3 aromatic rings. The van der Waals surface area contributed by atoms with Crippen molar-refractivity contribution in [2.24, 2.45) is 0 Å². The first-order chi connectivity index (χ1) is 14.5. The van der Waals surface area contributed by atoms with Crippen molar-refractivity contribution in [3.8, 4) is 11.5 Å². The number of hydrogen-bond acceptors (Lipinski definition) is 4. The zero-order valence-corrected chi connectivity index (χ0v) is 18.1. The third kappa shape index (κ3) is 4.89. The molecule has 0 saturated carbocycles. The smallest absolute Gasteiger partial charge is 0.347 e. The number of methoxy groups -OCH3 is 1. The number of esters is 1. The summed E-state index contributed by atoms with van der Waals surface area (Å²) in [7, 11) is 1.47. The lowest BCUT2D eigenvalue weighted by atomic mass is 10.0. The number of benzene rings is 3. The molecule has 0 radical (unpaired) electrons. The molecule has 0 heterocycles. The van der Waals surface area contributed by atoms with E-state index in [-0.39, 0.29) is 29.0 Å². The average molecular weight is 471 g/mol. The predicted octanol–water partition coefficient (Wildman–Crippen LogP) is 6.31. The van der Waals surface area contributed by atoms with E-state index in [4.69, 9.17) is 14.2 Å². The molecule has 0 aliphatic rings. The second-order valence-electron chi connectivity index (χ2n) is 6.39. The molecule has 30 heavy (non-hydrogen) atoms. The predicted molar refractivity (Wildman–Crippen MR) is 117 cm³/mol. The van der Waals surface area contributed by atoms with Gasteiger partial charge in [-0.25, -0.2) is 9.18 Å². The average Bonchev–Trinajstić information content (AvgIpc) is 2.76. The van der Waals surface area contributed by atoms with Gasteiger partial charge >= 0.3 is 5.97 Å². The van der Waals surface area contributed by atoms with Crippen LogP contribution >= 0.6 is 15.9 Å². The highest BCUT2D eigenvalue weighted by Crippen LogP contribution is 2.39. The van der Waals surface area contributed by atoms with Crippen molar-refractivity contribution in [2.45, 2.75) is 13.5 Å². The van der Waals surface area contributed by atoms with Gasteiger partial charge in [-0.1, -0.05) is 48.5 Å². The van der Waals surface area contributed by atoms with Gasteiger partial charge in [-0.05, 0) is 46.6 Å². The molecular weight excluding hydrogens is 451 g/mol. The van der Waals surface area contributed by atoms with E-state index in [0.717, 1.165) is 5.56 Å².